The van der Waals surface area contributed by atoms with Crippen molar-refractivity contribution in [2.45, 2.75) is 38.6 Å². The summed E-state index contributed by atoms with van der Waals surface area (Å²) in [5, 5.41) is 0. The summed E-state index contributed by atoms with van der Waals surface area (Å²) in [6.07, 6.45) is 9.15. The van der Waals surface area contributed by atoms with Gasteiger partial charge >= 0.3 is 0 Å². The lowest BCUT2D eigenvalue weighted by Gasteiger charge is -2.35. The van der Waals surface area contributed by atoms with Gasteiger partial charge in [0.15, 0.2) is 0 Å². The number of aromatic nitrogens is 1. The van der Waals surface area contributed by atoms with E-state index in [9.17, 15) is 0 Å². The summed E-state index contributed by atoms with van der Waals surface area (Å²) < 4.78 is 0. The Kier molecular flexibility index (Phi) is 3.73. The molecule has 1 aromatic heterocycles. The van der Waals surface area contributed by atoms with E-state index in [4.69, 9.17) is 0 Å². The Hall–Kier alpha value is -0.890. The molecule has 0 bridgehead atoms. The summed E-state index contributed by atoms with van der Waals surface area (Å²) in [6.45, 7) is 4.74. The Labute approximate surface area is 92.3 Å². The summed E-state index contributed by atoms with van der Waals surface area (Å²) in [6, 6.07) is 4.88. The van der Waals surface area contributed by atoms with Gasteiger partial charge in [0.05, 0.1) is 0 Å². The van der Waals surface area contributed by atoms with E-state index in [0.29, 0.717) is 6.04 Å². The SMILES string of the molecule is CCCN1CCCCC1c1cccnc1. The highest BCUT2D eigenvalue weighted by Gasteiger charge is 2.22. The van der Waals surface area contributed by atoms with Gasteiger partial charge in [-0.1, -0.05) is 19.4 Å². The molecule has 1 aliphatic rings. The number of pyridine rings is 1. The fourth-order valence-corrected chi connectivity index (χ4v) is 2.50. The molecule has 1 fully saturated rings. The third kappa shape index (κ3) is 2.57. The first-order chi connectivity index (χ1) is 7.42. The minimum absolute atomic E-state index is 0.618. The Morgan fingerprint density at radius 1 is 1.47 bits per heavy atom. The predicted octanol–water partition coefficient (Wildman–Crippen LogP) is 3.02. The molecule has 0 radical (unpaired) electrons. The second kappa shape index (κ2) is 5.26. The maximum atomic E-state index is 4.23. The van der Waals surface area contributed by atoms with Crippen LogP contribution in [0.25, 0.3) is 0 Å². The number of piperidine rings is 1. The minimum atomic E-state index is 0.618. The van der Waals surface area contributed by atoms with Crippen molar-refractivity contribution >= 4 is 0 Å². The Bertz CT molecular complexity index is 282. The van der Waals surface area contributed by atoms with E-state index in [-0.39, 0.29) is 0 Å². The zero-order chi connectivity index (χ0) is 10.5. The highest BCUT2D eigenvalue weighted by Crippen LogP contribution is 2.30. The number of rotatable bonds is 3. The fourth-order valence-electron chi connectivity index (χ4n) is 2.50. The van der Waals surface area contributed by atoms with Crippen molar-refractivity contribution in [1.29, 1.82) is 0 Å². The molecule has 82 valence electrons. The van der Waals surface area contributed by atoms with Gasteiger partial charge in [0.2, 0.25) is 0 Å². The maximum absolute atomic E-state index is 4.23. The molecular formula is C13H20N2. The van der Waals surface area contributed by atoms with Crippen molar-refractivity contribution in [1.82, 2.24) is 9.88 Å². The molecule has 0 amide bonds. The van der Waals surface area contributed by atoms with Crippen LogP contribution in [-0.4, -0.2) is 23.0 Å². The van der Waals surface area contributed by atoms with Gasteiger partial charge < -0.3 is 0 Å². The van der Waals surface area contributed by atoms with E-state index in [1.165, 1.54) is 44.3 Å². The van der Waals surface area contributed by atoms with E-state index in [1.54, 1.807) is 0 Å². The average Bonchev–Trinajstić information content (AvgIpc) is 2.31. The highest BCUT2D eigenvalue weighted by atomic mass is 15.2. The molecule has 1 saturated heterocycles. The lowest BCUT2D eigenvalue weighted by Crippen LogP contribution is -2.33. The Morgan fingerprint density at radius 3 is 3.13 bits per heavy atom. The number of nitrogens with zero attached hydrogens (tertiary/aromatic N) is 2. The van der Waals surface area contributed by atoms with E-state index < -0.39 is 0 Å². The Balaban J connectivity index is 2.11. The number of likely N-dealkylation sites (tertiary alicyclic amines) is 1. The molecule has 1 unspecified atom stereocenters. The van der Waals surface area contributed by atoms with Crippen molar-refractivity contribution in [3.63, 3.8) is 0 Å². The van der Waals surface area contributed by atoms with Crippen molar-refractivity contribution < 1.29 is 0 Å². The maximum Gasteiger partial charge on any atom is 0.0363 e. The molecule has 2 rings (SSSR count). The van der Waals surface area contributed by atoms with Crippen LogP contribution in [0.5, 0.6) is 0 Å². The molecule has 15 heavy (non-hydrogen) atoms. The van der Waals surface area contributed by atoms with Gasteiger partial charge in [0.25, 0.3) is 0 Å². The predicted molar refractivity (Wildman–Crippen MR) is 62.7 cm³/mol. The van der Waals surface area contributed by atoms with Crippen molar-refractivity contribution in [2.24, 2.45) is 0 Å². The first-order valence-electron chi connectivity index (χ1n) is 6.06. The molecule has 2 heteroatoms. The third-order valence-corrected chi connectivity index (χ3v) is 3.19. The van der Waals surface area contributed by atoms with E-state index >= 15 is 0 Å². The van der Waals surface area contributed by atoms with Gasteiger partial charge in [-0.15, -0.1) is 0 Å². The summed E-state index contributed by atoms with van der Waals surface area (Å²) in [4.78, 5) is 6.84. The Morgan fingerprint density at radius 2 is 2.40 bits per heavy atom. The smallest absolute Gasteiger partial charge is 0.0363 e. The molecule has 1 atom stereocenters. The second-order valence-electron chi connectivity index (χ2n) is 4.33. The van der Waals surface area contributed by atoms with Crippen LogP contribution in [-0.2, 0) is 0 Å². The molecule has 0 spiro atoms. The van der Waals surface area contributed by atoms with Gasteiger partial charge in [-0.2, -0.15) is 0 Å². The van der Waals surface area contributed by atoms with Crippen LogP contribution in [0.2, 0.25) is 0 Å². The number of hydrogen-bond acceptors (Lipinski definition) is 2. The monoisotopic (exact) mass is 204 g/mol. The van der Waals surface area contributed by atoms with Crippen LogP contribution in [0.3, 0.4) is 0 Å². The summed E-state index contributed by atoms with van der Waals surface area (Å²) >= 11 is 0. The minimum Gasteiger partial charge on any atom is -0.296 e. The molecule has 0 N–H and O–H groups in total. The summed E-state index contributed by atoms with van der Waals surface area (Å²) in [7, 11) is 0. The van der Waals surface area contributed by atoms with E-state index in [0.717, 1.165) is 0 Å². The fraction of sp³-hybridized carbons (Fsp3) is 0.615. The quantitative estimate of drug-likeness (QED) is 0.752. The first-order valence-corrected chi connectivity index (χ1v) is 6.06. The molecule has 0 aliphatic carbocycles. The van der Waals surface area contributed by atoms with Gasteiger partial charge in [-0.25, -0.2) is 0 Å². The van der Waals surface area contributed by atoms with Gasteiger partial charge in [0, 0.05) is 18.4 Å². The van der Waals surface area contributed by atoms with Crippen LogP contribution in [0.1, 0.15) is 44.2 Å². The molecule has 1 aromatic rings. The van der Waals surface area contributed by atoms with Crippen molar-refractivity contribution in [3.8, 4) is 0 Å². The summed E-state index contributed by atoms with van der Waals surface area (Å²) in [5.41, 5.74) is 1.39. The third-order valence-electron chi connectivity index (χ3n) is 3.19. The second-order valence-corrected chi connectivity index (χ2v) is 4.33. The van der Waals surface area contributed by atoms with E-state index in [1.807, 2.05) is 18.5 Å². The van der Waals surface area contributed by atoms with Crippen LogP contribution in [0.15, 0.2) is 24.5 Å². The number of hydrogen-bond donors (Lipinski definition) is 0. The summed E-state index contributed by atoms with van der Waals surface area (Å²) in [5.74, 6) is 0. The zero-order valence-electron chi connectivity index (χ0n) is 9.52. The molecule has 2 heterocycles. The van der Waals surface area contributed by atoms with Crippen molar-refractivity contribution in [3.05, 3.63) is 30.1 Å². The molecule has 0 saturated carbocycles. The van der Waals surface area contributed by atoms with E-state index in [2.05, 4.69) is 22.9 Å². The van der Waals surface area contributed by atoms with Crippen LogP contribution < -0.4 is 0 Å². The molecule has 0 aromatic carbocycles. The van der Waals surface area contributed by atoms with Gasteiger partial charge in [0.1, 0.15) is 0 Å². The van der Waals surface area contributed by atoms with Crippen LogP contribution >= 0.6 is 0 Å². The highest BCUT2D eigenvalue weighted by molar-refractivity contribution is 5.14. The van der Waals surface area contributed by atoms with Crippen molar-refractivity contribution in [2.75, 3.05) is 13.1 Å². The standard InChI is InChI=1S/C13H20N2/c1-2-9-15-10-4-3-7-13(15)12-6-5-8-14-11-12/h5-6,8,11,13H,2-4,7,9-10H2,1H3. The van der Waals surface area contributed by atoms with Crippen LogP contribution in [0, 0.1) is 0 Å². The molecule has 2 nitrogen and oxygen atoms in total. The van der Waals surface area contributed by atoms with Gasteiger partial charge in [-0.3, -0.25) is 9.88 Å². The molecule has 1 aliphatic heterocycles. The molecular weight excluding hydrogens is 184 g/mol. The lowest BCUT2D eigenvalue weighted by molar-refractivity contribution is 0.149. The first kappa shape index (κ1) is 10.6. The van der Waals surface area contributed by atoms with Crippen LogP contribution in [0.4, 0.5) is 0 Å². The largest absolute Gasteiger partial charge is 0.296 e. The zero-order valence-corrected chi connectivity index (χ0v) is 9.52. The van der Waals surface area contributed by atoms with Gasteiger partial charge in [-0.05, 0) is 44.0 Å². The topological polar surface area (TPSA) is 16.1 Å². The average molecular weight is 204 g/mol. The normalized spacial score (nSPS) is 22.9. The lowest BCUT2D eigenvalue weighted by atomic mass is 9.96.